The molecule has 3 atom stereocenters. The van der Waals surface area contributed by atoms with Gasteiger partial charge in [-0.1, -0.05) is 17.7 Å². The highest BCUT2D eigenvalue weighted by Crippen LogP contribution is 2.65. The Balaban J connectivity index is 1.34. The molecule has 2 aliphatic rings. The van der Waals surface area contributed by atoms with E-state index in [-0.39, 0.29) is 27.5 Å². The van der Waals surface area contributed by atoms with Gasteiger partial charge in [0.05, 0.1) is 27.8 Å². The van der Waals surface area contributed by atoms with Gasteiger partial charge in [-0.3, -0.25) is 14.4 Å². The first kappa shape index (κ1) is 34.0. The van der Waals surface area contributed by atoms with Crippen LogP contribution in [0.4, 0.5) is 37.7 Å². The molecule has 1 unspecified atom stereocenters. The number of ether oxygens (including phenoxy) is 1. The molecule has 0 aromatic heterocycles. The van der Waals surface area contributed by atoms with Crippen molar-refractivity contribution in [1.82, 2.24) is 0 Å². The van der Waals surface area contributed by atoms with Gasteiger partial charge in [-0.2, -0.15) is 13.2 Å². The van der Waals surface area contributed by atoms with Gasteiger partial charge in [0, 0.05) is 37.2 Å². The Morgan fingerprint density at radius 1 is 1.02 bits per heavy atom. The van der Waals surface area contributed by atoms with Gasteiger partial charge in [0.2, 0.25) is 5.91 Å². The molecule has 5 rings (SSSR count). The molecule has 6 nitrogen and oxygen atoms in total. The second-order valence-electron chi connectivity index (χ2n) is 10.9. The molecule has 0 bridgehead atoms. The SMILES string of the molecule is CN(C(=O)c1cc(NC(=O)[C@H]2[C@H](c3ccc(F)c(C(F)(F)F)c3)C2(Cl)Cl)ccc1Cl)c1ccc(F)c(CC(=O)C2CCCO2)c1F. The number of amides is 2. The number of hydrogen-bond acceptors (Lipinski definition) is 4. The number of halogens is 9. The number of carbonyl (C=O) groups is 3. The minimum atomic E-state index is -4.99. The zero-order valence-electron chi connectivity index (χ0n) is 23.7. The van der Waals surface area contributed by atoms with E-state index in [4.69, 9.17) is 39.5 Å². The highest BCUT2D eigenvalue weighted by Gasteiger charge is 2.67. The van der Waals surface area contributed by atoms with Crippen LogP contribution in [0.5, 0.6) is 0 Å². The van der Waals surface area contributed by atoms with Crippen molar-refractivity contribution in [3.05, 3.63) is 93.3 Å². The zero-order valence-corrected chi connectivity index (χ0v) is 25.9. The number of anilines is 2. The number of carbonyl (C=O) groups excluding carboxylic acids is 3. The summed E-state index contributed by atoms with van der Waals surface area (Å²) < 4.78 is 87.0. The van der Waals surface area contributed by atoms with E-state index in [1.54, 1.807) is 0 Å². The van der Waals surface area contributed by atoms with E-state index in [9.17, 15) is 36.3 Å². The van der Waals surface area contributed by atoms with Crippen molar-refractivity contribution < 1.29 is 45.5 Å². The summed E-state index contributed by atoms with van der Waals surface area (Å²) in [6.07, 6.45) is -5.25. The Kier molecular flexibility index (Phi) is 9.40. The second-order valence-corrected chi connectivity index (χ2v) is 12.8. The van der Waals surface area contributed by atoms with Gasteiger partial charge in [-0.05, 0) is 60.9 Å². The van der Waals surface area contributed by atoms with E-state index in [2.05, 4.69) is 5.32 Å². The van der Waals surface area contributed by atoms with Gasteiger partial charge >= 0.3 is 6.18 Å². The summed E-state index contributed by atoms with van der Waals surface area (Å²) in [6, 6.07) is 7.91. The Bertz CT molecular complexity index is 1730. The quantitative estimate of drug-likeness (QED) is 0.191. The first-order valence-corrected chi connectivity index (χ1v) is 14.9. The molecule has 1 heterocycles. The van der Waals surface area contributed by atoms with Crippen LogP contribution in [-0.2, 0) is 26.9 Å². The van der Waals surface area contributed by atoms with E-state index in [0.717, 1.165) is 23.1 Å². The number of rotatable bonds is 8. The summed E-state index contributed by atoms with van der Waals surface area (Å²) in [5.74, 6) is -8.13. The van der Waals surface area contributed by atoms with E-state index >= 15 is 4.39 Å². The summed E-state index contributed by atoms with van der Waals surface area (Å²) in [5, 5.41) is 2.39. The maximum atomic E-state index is 15.5. The number of ketones is 1. The summed E-state index contributed by atoms with van der Waals surface area (Å²) in [5.41, 5.74) is -2.71. The summed E-state index contributed by atoms with van der Waals surface area (Å²) >= 11 is 18.8. The molecular formula is C31H23Cl3F6N2O4. The molecule has 3 aromatic carbocycles. The minimum absolute atomic E-state index is 0.0125. The lowest BCUT2D eigenvalue weighted by Crippen LogP contribution is -2.29. The largest absolute Gasteiger partial charge is 0.419 e. The van der Waals surface area contributed by atoms with Gasteiger partial charge in [0.25, 0.3) is 5.91 Å². The molecular weight excluding hydrogens is 685 g/mol. The molecule has 1 N–H and O–H groups in total. The van der Waals surface area contributed by atoms with Crippen molar-refractivity contribution in [2.24, 2.45) is 5.92 Å². The molecule has 2 amide bonds. The van der Waals surface area contributed by atoms with Crippen molar-refractivity contribution in [3.63, 3.8) is 0 Å². The molecule has 1 saturated carbocycles. The van der Waals surface area contributed by atoms with E-state index in [0.29, 0.717) is 31.6 Å². The number of benzene rings is 3. The van der Waals surface area contributed by atoms with Gasteiger partial charge in [-0.15, -0.1) is 23.2 Å². The van der Waals surface area contributed by atoms with Crippen LogP contribution in [0.25, 0.3) is 0 Å². The van der Waals surface area contributed by atoms with E-state index in [1.165, 1.54) is 25.2 Å². The highest BCUT2D eigenvalue weighted by molar-refractivity contribution is 6.53. The molecule has 0 radical (unpaired) electrons. The molecule has 15 heteroatoms. The Hall–Kier alpha value is -3.32. The predicted octanol–water partition coefficient (Wildman–Crippen LogP) is 7.87. The van der Waals surface area contributed by atoms with Crippen LogP contribution in [0.1, 0.15) is 45.8 Å². The fraction of sp³-hybridized carbons (Fsp3) is 0.323. The maximum Gasteiger partial charge on any atom is 0.419 e. The summed E-state index contributed by atoms with van der Waals surface area (Å²) in [4.78, 5) is 39.9. The maximum absolute atomic E-state index is 15.5. The first-order valence-electron chi connectivity index (χ1n) is 13.8. The molecule has 46 heavy (non-hydrogen) atoms. The second kappa shape index (κ2) is 12.7. The summed E-state index contributed by atoms with van der Waals surface area (Å²) in [7, 11) is 1.20. The van der Waals surface area contributed by atoms with Gasteiger partial charge in [0.1, 0.15) is 22.1 Å². The van der Waals surface area contributed by atoms with Crippen LogP contribution in [0.2, 0.25) is 5.02 Å². The van der Waals surface area contributed by atoms with Crippen molar-refractivity contribution >= 4 is 63.8 Å². The molecule has 1 saturated heterocycles. The molecule has 1 aliphatic heterocycles. The predicted molar refractivity (Wildman–Crippen MR) is 159 cm³/mol. The minimum Gasteiger partial charge on any atom is -0.370 e. The van der Waals surface area contributed by atoms with Crippen molar-refractivity contribution in [2.75, 3.05) is 23.9 Å². The van der Waals surface area contributed by atoms with E-state index in [1.807, 2.05) is 0 Å². The molecule has 3 aromatic rings. The van der Waals surface area contributed by atoms with Crippen molar-refractivity contribution in [3.8, 4) is 0 Å². The molecule has 244 valence electrons. The standard InChI is InChI=1S/C31H23Cl3F6N2O4/c1-42(22-9-8-20(35)17(27(22)37)13-23(43)24-3-2-10-46-24)29(45)16-12-15(5-6-19(16)32)41-28(44)26-25(30(26,33)34)14-4-7-21(36)18(11-14)31(38,39)40/h4-9,11-12,24-26H,2-3,10,13H2,1H3,(H,41,44)/t24?,25-,26+/m0/s1. The third kappa shape index (κ3) is 6.58. The third-order valence-corrected chi connectivity index (χ3v) is 9.20. The number of hydrogen-bond donors (Lipinski definition) is 1. The lowest BCUT2D eigenvalue weighted by Gasteiger charge is -2.21. The Labute approximate surface area is 273 Å². The van der Waals surface area contributed by atoms with Crippen LogP contribution < -0.4 is 10.2 Å². The molecule has 0 spiro atoms. The van der Waals surface area contributed by atoms with Crippen LogP contribution in [0, 0.1) is 23.4 Å². The van der Waals surface area contributed by atoms with Gasteiger partial charge < -0.3 is 15.0 Å². The Morgan fingerprint density at radius 2 is 1.72 bits per heavy atom. The number of nitrogens with zero attached hydrogens (tertiary/aromatic N) is 1. The van der Waals surface area contributed by atoms with Crippen molar-refractivity contribution in [2.45, 2.75) is 41.8 Å². The fourth-order valence-electron chi connectivity index (χ4n) is 5.42. The topological polar surface area (TPSA) is 75.7 Å². The number of nitrogens with one attached hydrogen (secondary N) is 1. The molecule has 2 fully saturated rings. The number of alkyl halides is 5. The average molecular weight is 708 g/mol. The first-order chi connectivity index (χ1) is 21.5. The van der Waals surface area contributed by atoms with Crippen LogP contribution in [-0.4, -0.2) is 41.7 Å². The smallest absolute Gasteiger partial charge is 0.370 e. The fourth-order valence-corrected chi connectivity index (χ4v) is 6.45. The average Bonchev–Trinajstić information content (AvgIpc) is 3.29. The monoisotopic (exact) mass is 706 g/mol. The van der Waals surface area contributed by atoms with Gasteiger partial charge in [0.15, 0.2) is 11.6 Å². The van der Waals surface area contributed by atoms with Crippen molar-refractivity contribution in [1.29, 1.82) is 0 Å². The lowest BCUT2D eigenvalue weighted by molar-refractivity contribution is -0.140. The van der Waals surface area contributed by atoms with E-state index < -0.39 is 81.0 Å². The number of Topliss-reactive ketones (excluding diaryl/α,β-unsaturated/α-hetero) is 1. The third-order valence-electron chi connectivity index (χ3n) is 7.93. The van der Waals surface area contributed by atoms with Crippen LogP contribution >= 0.6 is 34.8 Å². The molecule has 1 aliphatic carbocycles. The Morgan fingerprint density at radius 3 is 2.37 bits per heavy atom. The lowest BCUT2D eigenvalue weighted by atomic mass is 10.0. The summed E-state index contributed by atoms with van der Waals surface area (Å²) in [6.45, 7) is 0.371. The highest BCUT2D eigenvalue weighted by atomic mass is 35.5. The normalized spacial score (nSPS) is 20.3. The van der Waals surface area contributed by atoms with Crippen LogP contribution in [0.15, 0.2) is 48.5 Å². The van der Waals surface area contributed by atoms with Gasteiger partial charge in [-0.25, -0.2) is 13.2 Å². The van der Waals surface area contributed by atoms with Crippen LogP contribution in [0.3, 0.4) is 0 Å². The zero-order chi connectivity index (χ0) is 33.7.